The summed E-state index contributed by atoms with van der Waals surface area (Å²) in [5, 5.41) is 8.89. The molecule has 0 atom stereocenters. The third-order valence-electron chi connectivity index (χ3n) is 2.72. The maximum atomic E-state index is 13.3. The molecule has 1 aliphatic rings. The lowest BCUT2D eigenvalue weighted by atomic mass is 9.97. The number of benzene rings is 1. The van der Waals surface area contributed by atoms with Gasteiger partial charge in [0.05, 0.1) is 18.6 Å². The summed E-state index contributed by atoms with van der Waals surface area (Å²) in [4.78, 5) is 0. The van der Waals surface area contributed by atoms with Gasteiger partial charge in [0.1, 0.15) is 0 Å². The van der Waals surface area contributed by atoms with Crippen LogP contribution in [0.4, 0.5) is 8.78 Å². The van der Waals surface area contributed by atoms with Gasteiger partial charge in [0.15, 0.2) is 17.4 Å². The van der Waals surface area contributed by atoms with E-state index in [0.29, 0.717) is 18.4 Å². The van der Waals surface area contributed by atoms with Crippen LogP contribution in [0.5, 0.6) is 5.75 Å². The Bertz CT molecular complexity index is 423. The molecule has 0 amide bonds. The molecule has 78 valence electrons. The third-order valence-corrected chi connectivity index (χ3v) is 2.72. The van der Waals surface area contributed by atoms with Gasteiger partial charge in [-0.2, -0.15) is 5.26 Å². The molecule has 0 N–H and O–H groups in total. The van der Waals surface area contributed by atoms with Gasteiger partial charge in [0, 0.05) is 0 Å². The second-order valence-corrected chi connectivity index (χ2v) is 3.67. The molecule has 0 unspecified atom stereocenters. The molecule has 0 saturated heterocycles. The van der Waals surface area contributed by atoms with E-state index < -0.39 is 22.8 Å². The summed E-state index contributed by atoms with van der Waals surface area (Å²) in [7, 11) is 1.21. The van der Waals surface area contributed by atoms with Crippen LogP contribution < -0.4 is 4.74 Å². The van der Waals surface area contributed by atoms with E-state index in [1.165, 1.54) is 19.2 Å². The average Bonchev–Trinajstić information content (AvgIpc) is 2.97. The van der Waals surface area contributed by atoms with E-state index in [2.05, 4.69) is 10.8 Å². The fourth-order valence-electron chi connectivity index (χ4n) is 1.62. The van der Waals surface area contributed by atoms with Crippen molar-refractivity contribution in [2.24, 2.45) is 0 Å². The number of nitrogens with zero attached hydrogens (tertiary/aromatic N) is 1. The van der Waals surface area contributed by atoms with Crippen LogP contribution in [0.25, 0.3) is 0 Å². The van der Waals surface area contributed by atoms with Gasteiger partial charge in [-0.25, -0.2) is 8.78 Å². The van der Waals surface area contributed by atoms with Crippen LogP contribution in [0, 0.1) is 23.0 Å². The largest absolute Gasteiger partial charge is 0.491 e. The van der Waals surface area contributed by atoms with Crippen molar-refractivity contribution in [1.29, 1.82) is 5.26 Å². The van der Waals surface area contributed by atoms with E-state index in [1.54, 1.807) is 0 Å². The van der Waals surface area contributed by atoms with E-state index >= 15 is 0 Å². The minimum Gasteiger partial charge on any atom is -0.491 e. The lowest BCUT2D eigenvalue weighted by Gasteiger charge is -2.09. The van der Waals surface area contributed by atoms with Gasteiger partial charge in [-0.05, 0) is 30.5 Å². The topological polar surface area (TPSA) is 33.0 Å². The highest BCUT2D eigenvalue weighted by molar-refractivity contribution is 5.42. The van der Waals surface area contributed by atoms with Crippen LogP contribution in [-0.4, -0.2) is 7.11 Å². The second kappa shape index (κ2) is 3.20. The summed E-state index contributed by atoms with van der Waals surface area (Å²) in [6, 6.07) is 4.44. The van der Waals surface area contributed by atoms with E-state index in [0.717, 1.165) is 0 Å². The molecule has 0 bridgehead atoms. The number of nitriles is 1. The molecule has 1 saturated carbocycles. The number of methoxy groups -OCH3 is 1. The van der Waals surface area contributed by atoms with Crippen LogP contribution >= 0.6 is 0 Å². The lowest BCUT2D eigenvalue weighted by molar-refractivity contribution is 0.359. The van der Waals surface area contributed by atoms with Crippen LogP contribution in [0.3, 0.4) is 0 Å². The van der Waals surface area contributed by atoms with Gasteiger partial charge in [0.25, 0.3) is 0 Å². The van der Waals surface area contributed by atoms with Crippen molar-refractivity contribution in [2.45, 2.75) is 18.3 Å². The molecule has 1 aromatic carbocycles. The van der Waals surface area contributed by atoms with Gasteiger partial charge >= 0.3 is 0 Å². The van der Waals surface area contributed by atoms with E-state index in [-0.39, 0.29) is 0 Å². The summed E-state index contributed by atoms with van der Waals surface area (Å²) in [6.45, 7) is 0. The Morgan fingerprint density at radius 2 is 1.87 bits per heavy atom. The number of halogens is 2. The van der Waals surface area contributed by atoms with Gasteiger partial charge in [-0.3, -0.25) is 0 Å². The molecule has 1 fully saturated rings. The maximum absolute atomic E-state index is 13.3. The van der Waals surface area contributed by atoms with E-state index in [9.17, 15) is 8.78 Å². The summed E-state index contributed by atoms with van der Waals surface area (Å²) in [6.07, 6.45) is 1.32. The molecular formula is C11H9F2NO. The smallest absolute Gasteiger partial charge is 0.190 e. The van der Waals surface area contributed by atoms with Gasteiger partial charge in [0.2, 0.25) is 0 Å². The molecule has 0 aliphatic heterocycles. The van der Waals surface area contributed by atoms with Crippen molar-refractivity contribution in [1.82, 2.24) is 0 Å². The first-order chi connectivity index (χ1) is 7.13. The van der Waals surface area contributed by atoms with E-state index in [1.807, 2.05) is 0 Å². The molecule has 2 nitrogen and oxygen atoms in total. The molecule has 2 rings (SSSR count). The van der Waals surface area contributed by atoms with Gasteiger partial charge in [-0.15, -0.1) is 0 Å². The molecule has 1 aliphatic carbocycles. The van der Waals surface area contributed by atoms with Crippen molar-refractivity contribution in [3.63, 3.8) is 0 Å². The minimum atomic E-state index is -0.756. The molecule has 15 heavy (non-hydrogen) atoms. The predicted molar refractivity (Wildman–Crippen MR) is 49.4 cm³/mol. The molecule has 0 aromatic heterocycles. The molecular weight excluding hydrogens is 200 g/mol. The first kappa shape index (κ1) is 9.91. The summed E-state index contributed by atoms with van der Waals surface area (Å²) in [5.74, 6) is -1.91. The van der Waals surface area contributed by atoms with Crippen LogP contribution in [0.2, 0.25) is 0 Å². The number of hydrogen-bond acceptors (Lipinski definition) is 2. The fraction of sp³-hybridized carbons (Fsp3) is 0.364. The highest BCUT2D eigenvalue weighted by Gasteiger charge is 2.45. The predicted octanol–water partition coefficient (Wildman–Crippen LogP) is 2.53. The van der Waals surface area contributed by atoms with Crippen molar-refractivity contribution in [2.75, 3.05) is 7.11 Å². The van der Waals surface area contributed by atoms with E-state index in [4.69, 9.17) is 5.26 Å². The Hall–Kier alpha value is -1.63. The second-order valence-electron chi connectivity index (χ2n) is 3.67. The van der Waals surface area contributed by atoms with Gasteiger partial charge in [-0.1, -0.05) is 0 Å². The van der Waals surface area contributed by atoms with Crippen LogP contribution in [0.1, 0.15) is 18.4 Å². The normalized spacial score (nSPS) is 16.9. The monoisotopic (exact) mass is 209 g/mol. The Balaban J connectivity index is 2.50. The third kappa shape index (κ3) is 1.44. The Kier molecular flexibility index (Phi) is 2.11. The van der Waals surface area contributed by atoms with Crippen LogP contribution in [0.15, 0.2) is 12.1 Å². The molecule has 0 radical (unpaired) electrons. The van der Waals surface area contributed by atoms with Crippen molar-refractivity contribution in [3.8, 4) is 11.8 Å². The zero-order chi connectivity index (χ0) is 11.1. The Labute approximate surface area is 86.1 Å². The number of hydrogen-bond donors (Lipinski definition) is 0. The summed E-state index contributed by atoms with van der Waals surface area (Å²) < 4.78 is 31.2. The van der Waals surface area contributed by atoms with Crippen molar-refractivity contribution < 1.29 is 13.5 Å². The number of rotatable bonds is 2. The SMILES string of the molecule is COc1c(F)cc(C2(C#N)CC2)cc1F. The van der Waals surface area contributed by atoms with Crippen LogP contribution in [-0.2, 0) is 5.41 Å². The lowest BCUT2D eigenvalue weighted by Crippen LogP contribution is -2.05. The molecule has 1 aromatic rings. The minimum absolute atomic E-state index is 0.396. The maximum Gasteiger partial charge on any atom is 0.190 e. The molecule has 4 heteroatoms. The Morgan fingerprint density at radius 1 is 1.33 bits per heavy atom. The zero-order valence-electron chi connectivity index (χ0n) is 8.18. The summed E-state index contributed by atoms with van der Waals surface area (Å²) in [5.41, 5.74) is -0.269. The Morgan fingerprint density at radius 3 is 2.20 bits per heavy atom. The van der Waals surface area contributed by atoms with Gasteiger partial charge < -0.3 is 4.74 Å². The van der Waals surface area contributed by atoms with Crippen molar-refractivity contribution in [3.05, 3.63) is 29.3 Å². The fourth-order valence-corrected chi connectivity index (χ4v) is 1.62. The number of ether oxygens (including phenoxy) is 1. The first-order valence-corrected chi connectivity index (χ1v) is 4.58. The quantitative estimate of drug-likeness (QED) is 0.749. The van der Waals surface area contributed by atoms with Crippen molar-refractivity contribution >= 4 is 0 Å². The highest BCUT2D eigenvalue weighted by Crippen LogP contribution is 2.48. The molecule has 0 spiro atoms. The summed E-state index contributed by atoms with van der Waals surface area (Å²) >= 11 is 0. The standard InChI is InChI=1S/C11H9F2NO/c1-15-10-8(12)4-7(5-9(10)13)11(6-14)2-3-11/h4-5H,2-3H2,1H3. The average molecular weight is 209 g/mol. The first-order valence-electron chi connectivity index (χ1n) is 4.58. The zero-order valence-corrected chi connectivity index (χ0v) is 8.18. The molecule has 0 heterocycles. The highest BCUT2D eigenvalue weighted by atomic mass is 19.1.